The number of amides is 1. The molecule has 1 rings (SSSR count). The molecule has 0 atom stereocenters. The minimum atomic E-state index is 0.177. The Balaban J connectivity index is 2.18. The monoisotopic (exact) mass is 266 g/mol. The molecule has 108 valence electrons. The minimum absolute atomic E-state index is 0.177. The largest absolute Gasteiger partial charge is 0.342 e. The Bertz CT molecular complexity index is 396. The molecule has 1 aromatic rings. The van der Waals surface area contributed by atoms with Crippen molar-refractivity contribution in [1.29, 1.82) is 0 Å². The van der Waals surface area contributed by atoms with E-state index in [4.69, 9.17) is 0 Å². The number of carbonyl (C=O) groups is 1. The van der Waals surface area contributed by atoms with Gasteiger partial charge in [-0.25, -0.2) is 0 Å². The number of aromatic nitrogens is 2. The highest BCUT2D eigenvalue weighted by molar-refractivity contribution is 5.78. The van der Waals surface area contributed by atoms with Crippen molar-refractivity contribution in [2.75, 3.05) is 26.2 Å². The van der Waals surface area contributed by atoms with Gasteiger partial charge in [0, 0.05) is 25.3 Å². The Hall–Kier alpha value is -1.36. The van der Waals surface area contributed by atoms with Gasteiger partial charge in [-0.2, -0.15) is 5.10 Å². The second-order valence-electron chi connectivity index (χ2n) is 4.75. The van der Waals surface area contributed by atoms with Crippen LogP contribution in [0.25, 0.3) is 0 Å². The van der Waals surface area contributed by atoms with E-state index in [9.17, 15) is 4.79 Å². The van der Waals surface area contributed by atoms with Gasteiger partial charge >= 0.3 is 0 Å². The average molecular weight is 266 g/mol. The molecule has 1 heterocycles. The zero-order valence-electron chi connectivity index (χ0n) is 12.6. The van der Waals surface area contributed by atoms with Crippen molar-refractivity contribution in [2.45, 2.75) is 40.7 Å². The molecule has 5 nitrogen and oxygen atoms in total. The zero-order chi connectivity index (χ0) is 14.3. The van der Waals surface area contributed by atoms with Crippen LogP contribution in [0.3, 0.4) is 0 Å². The van der Waals surface area contributed by atoms with Crippen molar-refractivity contribution in [3.05, 3.63) is 17.5 Å². The van der Waals surface area contributed by atoms with Crippen molar-refractivity contribution in [2.24, 2.45) is 0 Å². The molecular weight excluding hydrogens is 240 g/mol. The van der Waals surface area contributed by atoms with Crippen molar-refractivity contribution in [1.82, 2.24) is 20.0 Å². The van der Waals surface area contributed by atoms with Crippen LogP contribution >= 0.6 is 0 Å². The molecule has 0 fully saturated rings. The number of aryl methyl sites for hydroxylation is 3. The SMILES string of the molecule is CCN(CC)C(=O)CNCCCn1nc(C)cc1C. The van der Waals surface area contributed by atoms with Crippen molar-refractivity contribution in [3.63, 3.8) is 0 Å². The third-order valence-electron chi connectivity index (χ3n) is 3.22. The first-order valence-corrected chi connectivity index (χ1v) is 7.08. The fourth-order valence-electron chi connectivity index (χ4n) is 2.14. The van der Waals surface area contributed by atoms with Crippen LogP contribution in [-0.4, -0.2) is 46.8 Å². The molecule has 1 aromatic heterocycles. The van der Waals surface area contributed by atoms with Gasteiger partial charge in [-0.1, -0.05) is 0 Å². The second kappa shape index (κ2) is 7.94. The smallest absolute Gasteiger partial charge is 0.236 e. The van der Waals surface area contributed by atoms with E-state index >= 15 is 0 Å². The molecule has 0 saturated heterocycles. The highest BCUT2D eigenvalue weighted by atomic mass is 16.2. The van der Waals surface area contributed by atoms with Crippen molar-refractivity contribution >= 4 is 5.91 Å². The number of nitrogens with zero attached hydrogens (tertiary/aromatic N) is 3. The minimum Gasteiger partial charge on any atom is -0.342 e. The highest BCUT2D eigenvalue weighted by Gasteiger charge is 2.08. The maximum absolute atomic E-state index is 11.7. The summed E-state index contributed by atoms with van der Waals surface area (Å²) in [7, 11) is 0. The summed E-state index contributed by atoms with van der Waals surface area (Å²) in [6, 6.07) is 2.08. The van der Waals surface area contributed by atoms with Crippen LogP contribution in [0.5, 0.6) is 0 Å². The summed E-state index contributed by atoms with van der Waals surface area (Å²) in [5, 5.41) is 7.61. The first kappa shape index (κ1) is 15.7. The van der Waals surface area contributed by atoms with Gasteiger partial charge in [-0.15, -0.1) is 0 Å². The normalized spacial score (nSPS) is 10.7. The Morgan fingerprint density at radius 3 is 2.58 bits per heavy atom. The topological polar surface area (TPSA) is 50.2 Å². The fourth-order valence-corrected chi connectivity index (χ4v) is 2.14. The number of hydrogen-bond donors (Lipinski definition) is 1. The quantitative estimate of drug-likeness (QED) is 0.723. The van der Waals surface area contributed by atoms with Gasteiger partial charge in [-0.3, -0.25) is 9.48 Å². The molecule has 19 heavy (non-hydrogen) atoms. The van der Waals surface area contributed by atoms with E-state index < -0.39 is 0 Å². The standard InChI is InChI=1S/C14H26N4O/c1-5-17(6-2)14(19)11-15-8-7-9-18-13(4)10-12(3)16-18/h10,15H,5-9,11H2,1-4H3. The fraction of sp³-hybridized carbons (Fsp3) is 0.714. The third kappa shape index (κ3) is 5.03. The molecule has 5 heteroatoms. The first-order chi connectivity index (χ1) is 9.08. The average Bonchev–Trinajstić information content (AvgIpc) is 2.69. The van der Waals surface area contributed by atoms with E-state index in [1.54, 1.807) is 0 Å². The van der Waals surface area contributed by atoms with Crippen molar-refractivity contribution in [3.8, 4) is 0 Å². The predicted octanol–water partition coefficient (Wildman–Crippen LogP) is 1.35. The summed E-state index contributed by atoms with van der Waals surface area (Å²) in [4.78, 5) is 13.6. The number of nitrogens with one attached hydrogen (secondary N) is 1. The van der Waals surface area contributed by atoms with Gasteiger partial charge in [0.25, 0.3) is 0 Å². The number of hydrogen-bond acceptors (Lipinski definition) is 3. The lowest BCUT2D eigenvalue weighted by atomic mass is 10.3. The summed E-state index contributed by atoms with van der Waals surface area (Å²) < 4.78 is 2.02. The molecule has 0 saturated carbocycles. The maximum Gasteiger partial charge on any atom is 0.236 e. The summed E-state index contributed by atoms with van der Waals surface area (Å²) in [6.07, 6.45) is 0.980. The summed E-state index contributed by atoms with van der Waals surface area (Å²) in [6.45, 7) is 11.8. The van der Waals surface area contributed by atoms with E-state index in [-0.39, 0.29) is 5.91 Å². The molecule has 0 aromatic carbocycles. The first-order valence-electron chi connectivity index (χ1n) is 7.08. The van der Waals surface area contributed by atoms with Crippen LogP contribution in [0.15, 0.2) is 6.07 Å². The summed E-state index contributed by atoms with van der Waals surface area (Å²) >= 11 is 0. The van der Waals surface area contributed by atoms with Gasteiger partial charge in [-0.05, 0) is 46.7 Å². The van der Waals surface area contributed by atoms with E-state index in [0.29, 0.717) is 6.54 Å². The molecule has 0 bridgehead atoms. The summed E-state index contributed by atoms with van der Waals surface area (Å²) in [5.41, 5.74) is 2.25. The molecule has 0 radical (unpaired) electrons. The second-order valence-corrected chi connectivity index (χ2v) is 4.75. The Labute approximate surface area is 116 Å². The molecule has 0 aliphatic rings. The van der Waals surface area contributed by atoms with E-state index in [2.05, 4.69) is 23.4 Å². The van der Waals surface area contributed by atoms with Gasteiger partial charge in [0.15, 0.2) is 0 Å². The summed E-state index contributed by atoms with van der Waals surface area (Å²) in [5.74, 6) is 0.177. The van der Waals surface area contributed by atoms with Crippen LogP contribution in [-0.2, 0) is 11.3 Å². The number of carbonyl (C=O) groups excluding carboxylic acids is 1. The Morgan fingerprint density at radius 2 is 2.05 bits per heavy atom. The maximum atomic E-state index is 11.7. The molecule has 0 spiro atoms. The zero-order valence-corrected chi connectivity index (χ0v) is 12.6. The lowest BCUT2D eigenvalue weighted by molar-refractivity contribution is -0.129. The number of likely N-dealkylation sites (N-methyl/N-ethyl adjacent to an activating group) is 1. The van der Waals surface area contributed by atoms with Crippen molar-refractivity contribution < 1.29 is 4.79 Å². The van der Waals surface area contributed by atoms with Crippen LogP contribution in [0.4, 0.5) is 0 Å². The van der Waals surface area contributed by atoms with Gasteiger partial charge in [0.2, 0.25) is 5.91 Å². The third-order valence-corrected chi connectivity index (χ3v) is 3.22. The Kier molecular flexibility index (Phi) is 6.56. The number of rotatable bonds is 8. The molecule has 0 unspecified atom stereocenters. The Morgan fingerprint density at radius 1 is 1.37 bits per heavy atom. The van der Waals surface area contributed by atoms with Crippen LogP contribution in [0.2, 0.25) is 0 Å². The molecule has 0 aliphatic heterocycles. The predicted molar refractivity (Wildman–Crippen MR) is 77.1 cm³/mol. The van der Waals surface area contributed by atoms with E-state index in [1.165, 1.54) is 5.69 Å². The van der Waals surface area contributed by atoms with Gasteiger partial charge in [0.05, 0.1) is 12.2 Å². The molecule has 0 aliphatic carbocycles. The van der Waals surface area contributed by atoms with Crippen LogP contribution < -0.4 is 5.32 Å². The highest BCUT2D eigenvalue weighted by Crippen LogP contribution is 2.02. The lowest BCUT2D eigenvalue weighted by Gasteiger charge is -2.18. The van der Waals surface area contributed by atoms with Gasteiger partial charge in [0.1, 0.15) is 0 Å². The van der Waals surface area contributed by atoms with Crippen LogP contribution in [0, 0.1) is 13.8 Å². The molecule has 1 N–H and O–H groups in total. The molecular formula is C14H26N4O. The molecule has 1 amide bonds. The van der Waals surface area contributed by atoms with Gasteiger partial charge < -0.3 is 10.2 Å². The lowest BCUT2D eigenvalue weighted by Crippen LogP contribution is -2.38. The van der Waals surface area contributed by atoms with E-state index in [0.717, 1.165) is 38.3 Å². The van der Waals surface area contributed by atoms with Crippen LogP contribution in [0.1, 0.15) is 31.7 Å². The van der Waals surface area contributed by atoms with E-state index in [1.807, 2.05) is 30.4 Å².